The number of amides is 1. The zero-order valence-corrected chi connectivity index (χ0v) is 18.3. The van der Waals surface area contributed by atoms with Gasteiger partial charge in [-0.05, 0) is 42.9 Å². The fourth-order valence-electron chi connectivity index (χ4n) is 4.07. The molecule has 0 spiro atoms. The van der Waals surface area contributed by atoms with Gasteiger partial charge in [0.25, 0.3) is 0 Å². The standard InChI is InChI=1S/C22H24ClNO5S/c1-2-29-21(28)19-16(14-5-7-15(23)8-6-14)13-30-20(19)24-17(25)11-22(12-18(26)27)9-3-4-10-22/h5-8,13H,2-4,9-12H2,1H3,(H,24,25)(H,26,27). The van der Waals surface area contributed by atoms with Gasteiger partial charge in [0.05, 0.1) is 13.0 Å². The van der Waals surface area contributed by atoms with Gasteiger partial charge >= 0.3 is 11.9 Å². The zero-order valence-electron chi connectivity index (χ0n) is 16.7. The summed E-state index contributed by atoms with van der Waals surface area (Å²) in [6.07, 6.45) is 3.39. The maximum Gasteiger partial charge on any atom is 0.341 e. The quantitative estimate of drug-likeness (QED) is 0.511. The van der Waals surface area contributed by atoms with Crippen molar-refractivity contribution in [3.05, 3.63) is 40.2 Å². The fourth-order valence-corrected chi connectivity index (χ4v) is 5.17. The van der Waals surface area contributed by atoms with Crippen molar-refractivity contribution < 1.29 is 24.2 Å². The number of hydrogen-bond donors (Lipinski definition) is 2. The summed E-state index contributed by atoms with van der Waals surface area (Å²) >= 11 is 7.21. The van der Waals surface area contributed by atoms with Gasteiger partial charge in [-0.3, -0.25) is 9.59 Å². The Labute approximate surface area is 184 Å². The van der Waals surface area contributed by atoms with E-state index in [9.17, 15) is 19.5 Å². The van der Waals surface area contributed by atoms with Gasteiger partial charge in [-0.2, -0.15) is 0 Å². The van der Waals surface area contributed by atoms with E-state index >= 15 is 0 Å². The second kappa shape index (κ2) is 9.62. The number of carbonyl (C=O) groups excluding carboxylic acids is 2. The van der Waals surface area contributed by atoms with Gasteiger partial charge in [0.2, 0.25) is 5.91 Å². The van der Waals surface area contributed by atoms with E-state index in [1.54, 1.807) is 36.6 Å². The van der Waals surface area contributed by atoms with Crippen LogP contribution >= 0.6 is 22.9 Å². The molecule has 0 unspecified atom stereocenters. The number of carboxylic acid groups (broad SMARTS) is 1. The van der Waals surface area contributed by atoms with E-state index in [0.29, 0.717) is 21.2 Å². The Kier molecular flexibility index (Phi) is 7.15. The molecule has 1 aliphatic carbocycles. The van der Waals surface area contributed by atoms with Crippen molar-refractivity contribution in [2.45, 2.75) is 45.4 Å². The normalized spacial score (nSPS) is 15.0. The highest BCUT2D eigenvalue weighted by Gasteiger charge is 2.38. The Hall–Kier alpha value is -2.38. The molecule has 1 amide bonds. The number of ether oxygens (including phenoxy) is 1. The Morgan fingerprint density at radius 1 is 1.17 bits per heavy atom. The molecule has 8 heteroatoms. The smallest absolute Gasteiger partial charge is 0.341 e. The van der Waals surface area contributed by atoms with Crippen molar-refractivity contribution in [2.75, 3.05) is 11.9 Å². The molecule has 1 fully saturated rings. The largest absolute Gasteiger partial charge is 0.481 e. The van der Waals surface area contributed by atoms with E-state index < -0.39 is 17.4 Å². The number of benzene rings is 1. The van der Waals surface area contributed by atoms with Gasteiger partial charge in [-0.15, -0.1) is 11.3 Å². The second-order valence-corrected chi connectivity index (χ2v) is 8.90. The van der Waals surface area contributed by atoms with Crippen LogP contribution in [0, 0.1) is 5.41 Å². The molecule has 6 nitrogen and oxygen atoms in total. The maximum absolute atomic E-state index is 12.8. The molecular formula is C22H24ClNO5S. The Morgan fingerprint density at radius 3 is 2.43 bits per heavy atom. The number of nitrogens with one attached hydrogen (secondary N) is 1. The summed E-state index contributed by atoms with van der Waals surface area (Å²) in [6.45, 7) is 1.93. The van der Waals surface area contributed by atoms with Gasteiger partial charge in [0, 0.05) is 22.4 Å². The number of carbonyl (C=O) groups is 3. The monoisotopic (exact) mass is 449 g/mol. The third kappa shape index (κ3) is 5.21. The van der Waals surface area contributed by atoms with Crippen molar-refractivity contribution in [2.24, 2.45) is 5.41 Å². The van der Waals surface area contributed by atoms with E-state index in [-0.39, 0.29) is 25.4 Å². The Balaban J connectivity index is 1.86. The lowest BCUT2D eigenvalue weighted by molar-refractivity contribution is -0.140. The number of aliphatic carboxylic acids is 1. The van der Waals surface area contributed by atoms with E-state index in [0.717, 1.165) is 31.2 Å². The van der Waals surface area contributed by atoms with Crippen LogP contribution in [0.3, 0.4) is 0 Å². The molecular weight excluding hydrogens is 426 g/mol. The predicted molar refractivity (Wildman–Crippen MR) is 117 cm³/mol. The molecule has 2 N–H and O–H groups in total. The lowest BCUT2D eigenvalue weighted by Crippen LogP contribution is -2.28. The number of carboxylic acids is 1. The first-order valence-electron chi connectivity index (χ1n) is 9.90. The molecule has 1 heterocycles. The van der Waals surface area contributed by atoms with Gasteiger partial charge in [-0.25, -0.2) is 4.79 Å². The summed E-state index contributed by atoms with van der Waals surface area (Å²) in [6, 6.07) is 7.08. The minimum absolute atomic E-state index is 0.0222. The average molecular weight is 450 g/mol. The number of rotatable bonds is 8. The van der Waals surface area contributed by atoms with Crippen molar-refractivity contribution in [3.63, 3.8) is 0 Å². The molecule has 3 rings (SSSR count). The molecule has 0 aliphatic heterocycles. The summed E-state index contributed by atoms with van der Waals surface area (Å²) in [5.41, 5.74) is 1.23. The molecule has 1 aromatic heterocycles. The van der Waals surface area contributed by atoms with E-state index in [2.05, 4.69) is 5.32 Å². The summed E-state index contributed by atoms with van der Waals surface area (Å²) in [4.78, 5) is 36.8. The summed E-state index contributed by atoms with van der Waals surface area (Å²) in [5.74, 6) is -1.69. The van der Waals surface area contributed by atoms with Crippen LogP contribution in [0.1, 0.15) is 55.8 Å². The molecule has 160 valence electrons. The van der Waals surface area contributed by atoms with Crippen LogP contribution in [-0.2, 0) is 14.3 Å². The lowest BCUT2D eigenvalue weighted by atomic mass is 9.79. The third-order valence-electron chi connectivity index (χ3n) is 5.40. The average Bonchev–Trinajstić information content (AvgIpc) is 3.29. The van der Waals surface area contributed by atoms with Crippen LogP contribution in [0.15, 0.2) is 29.6 Å². The van der Waals surface area contributed by atoms with Gasteiger partial charge in [0.15, 0.2) is 0 Å². The van der Waals surface area contributed by atoms with Crippen molar-refractivity contribution >= 4 is 45.8 Å². The van der Waals surface area contributed by atoms with Gasteiger partial charge < -0.3 is 15.2 Å². The fraction of sp³-hybridized carbons (Fsp3) is 0.409. The summed E-state index contributed by atoms with van der Waals surface area (Å²) in [7, 11) is 0. The van der Waals surface area contributed by atoms with Crippen molar-refractivity contribution in [1.29, 1.82) is 0 Å². The Morgan fingerprint density at radius 2 is 1.83 bits per heavy atom. The lowest BCUT2D eigenvalue weighted by Gasteiger charge is -2.26. The van der Waals surface area contributed by atoms with E-state index in [4.69, 9.17) is 16.3 Å². The molecule has 0 atom stereocenters. The van der Waals surface area contributed by atoms with Crippen molar-refractivity contribution in [3.8, 4) is 11.1 Å². The number of anilines is 1. The molecule has 30 heavy (non-hydrogen) atoms. The zero-order chi connectivity index (χ0) is 21.7. The number of halogens is 1. The summed E-state index contributed by atoms with van der Waals surface area (Å²) < 4.78 is 5.21. The first kappa shape index (κ1) is 22.3. The highest BCUT2D eigenvalue weighted by atomic mass is 35.5. The van der Waals surface area contributed by atoms with Crippen LogP contribution in [0.4, 0.5) is 5.00 Å². The molecule has 0 radical (unpaired) electrons. The first-order chi connectivity index (χ1) is 14.3. The Bertz CT molecular complexity index is 932. The molecule has 1 aliphatic rings. The molecule has 0 saturated heterocycles. The first-order valence-corrected chi connectivity index (χ1v) is 11.2. The minimum Gasteiger partial charge on any atom is -0.481 e. The number of esters is 1. The minimum atomic E-state index is -0.891. The van der Waals surface area contributed by atoms with E-state index in [1.165, 1.54) is 11.3 Å². The van der Waals surface area contributed by atoms with Crippen LogP contribution in [-0.4, -0.2) is 29.6 Å². The van der Waals surface area contributed by atoms with Crippen LogP contribution < -0.4 is 5.32 Å². The van der Waals surface area contributed by atoms with Crippen LogP contribution in [0.2, 0.25) is 5.02 Å². The number of thiophene rings is 1. The van der Waals surface area contributed by atoms with Crippen LogP contribution in [0.5, 0.6) is 0 Å². The predicted octanol–water partition coefficient (Wildman–Crippen LogP) is 5.61. The molecule has 0 bridgehead atoms. The topological polar surface area (TPSA) is 92.7 Å². The highest BCUT2D eigenvalue weighted by Crippen LogP contribution is 2.45. The maximum atomic E-state index is 12.8. The summed E-state index contributed by atoms with van der Waals surface area (Å²) in [5, 5.41) is 14.9. The van der Waals surface area contributed by atoms with Gasteiger partial charge in [0.1, 0.15) is 10.6 Å². The third-order valence-corrected chi connectivity index (χ3v) is 6.55. The van der Waals surface area contributed by atoms with Crippen LogP contribution in [0.25, 0.3) is 11.1 Å². The van der Waals surface area contributed by atoms with Crippen molar-refractivity contribution in [1.82, 2.24) is 0 Å². The molecule has 1 saturated carbocycles. The SMILES string of the molecule is CCOC(=O)c1c(-c2ccc(Cl)cc2)csc1NC(=O)CC1(CC(=O)O)CCCC1. The molecule has 1 aromatic carbocycles. The van der Waals surface area contributed by atoms with Gasteiger partial charge in [-0.1, -0.05) is 36.6 Å². The molecule has 2 aromatic rings. The number of hydrogen-bond acceptors (Lipinski definition) is 5. The highest BCUT2D eigenvalue weighted by molar-refractivity contribution is 7.15. The second-order valence-electron chi connectivity index (χ2n) is 7.58. The van der Waals surface area contributed by atoms with E-state index in [1.807, 2.05) is 0 Å².